The van der Waals surface area contributed by atoms with Crippen LogP contribution < -0.4 is 0 Å². The van der Waals surface area contributed by atoms with E-state index in [9.17, 15) is 39.5 Å². The Kier molecular flexibility index (Phi) is 36.3. The largest absolute Gasteiger partial charge is 0.472 e. The Labute approximate surface area is 347 Å². The molecule has 13 nitrogen and oxygen atoms in total. The maximum Gasteiger partial charge on any atom is 0.472 e. The van der Waals surface area contributed by atoms with Crippen LogP contribution in [0, 0.1) is 0 Å². The molecule has 0 bridgehead atoms. The lowest BCUT2D eigenvalue weighted by Crippen LogP contribution is -2.30. The molecule has 0 rings (SSSR count). The van der Waals surface area contributed by atoms with E-state index in [4.69, 9.17) is 19.1 Å². The molecule has 0 aliphatic carbocycles. The normalized spacial score (nSPS) is 16.3. The van der Waals surface area contributed by atoms with Crippen molar-refractivity contribution < 1.29 is 63.1 Å². The molecule has 0 aromatic rings. The van der Waals surface area contributed by atoms with Crippen molar-refractivity contribution in [1.29, 1.82) is 0 Å². The Morgan fingerprint density at radius 1 is 0.638 bits per heavy atom. The van der Waals surface area contributed by atoms with E-state index in [-0.39, 0.29) is 25.7 Å². The summed E-state index contributed by atoms with van der Waals surface area (Å²) in [6.07, 6.45) is 33.5. The van der Waals surface area contributed by atoms with Gasteiger partial charge in [-0.2, -0.15) is 0 Å². The van der Waals surface area contributed by atoms with Gasteiger partial charge in [-0.05, 0) is 57.8 Å². The van der Waals surface area contributed by atoms with Crippen LogP contribution in [0.3, 0.4) is 0 Å². The lowest BCUT2D eigenvalue weighted by molar-refractivity contribution is -0.161. The fraction of sp³-hybridized carbons (Fsp3) is 0.636. The third-order valence-corrected chi connectivity index (χ3v) is 9.35. The topological polar surface area (TPSA) is 210 Å². The number of ether oxygens (including phenoxy) is 2. The van der Waals surface area contributed by atoms with Gasteiger partial charge in [-0.15, -0.1) is 0 Å². The second-order valence-corrected chi connectivity index (χ2v) is 15.3. The van der Waals surface area contributed by atoms with Crippen molar-refractivity contribution in [2.75, 3.05) is 26.4 Å². The highest BCUT2D eigenvalue weighted by molar-refractivity contribution is 7.47. The van der Waals surface area contributed by atoms with Crippen LogP contribution in [-0.2, 0) is 32.7 Å². The van der Waals surface area contributed by atoms with Gasteiger partial charge in [-0.3, -0.25) is 18.6 Å². The molecule has 6 atom stereocenters. The zero-order chi connectivity index (χ0) is 43.1. The van der Waals surface area contributed by atoms with Gasteiger partial charge in [0, 0.05) is 12.8 Å². The first-order valence-electron chi connectivity index (χ1n) is 20.9. The first-order chi connectivity index (χ1) is 27.9. The predicted molar refractivity (Wildman–Crippen MR) is 227 cm³/mol. The van der Waals surface area contributed by atoms with Crippen molar-refractivity contribution in [3.8, 4) is 0 Å². The van der Waals surface area contributed by atoms with Gasteiger partial charge in [0.25, 0.3) is 0 Å². The van der Waals surface area contributed by atoms with Crippen molar-refractivity contribution in [2.24, 2.45) is 0 Å². The van der Waals surface area contributed by atoms with E-state index in [1.807, 2.05) is 19.1 Å². The first-order valence-corrected chi connectivity index (χ1v) is 22.4. The van der Waals surface area contributed by atoms with Crippen molar-refractivity contribution in [2.45, 2.75) is 154 Å². The van der Waals surface area contributed by atoms with Gasteiger partial charge >= 0.3 is 19.8 Å². The maximum atomic E-state index is 12.6. The summed E-state index contributed by atoms with van der Waals surface area (Å²) >= 11 is 0. The molecule has 0 aromatic heterocycles. The van der Waals surface area contributed by atoms with E-state index >= 15 is 0 Å². The van der Waals surface area contributed by atoms with Gasteiger partial charge in [0.1, 0.15) is 12.7 Å². The van der Waals surface area contributed by atoms with Gasteiger partial charge in [0.15, 0.2) is 6.10 Å². The summed E-state index contributed by atoms with van der Waals surface area (Å²) in [7, 11) is -4.72. The van der Waals surface area contributed by atoms with Crippen LogP contribution >= 0.6 is 7.82 Å². The van der Waals surface area contributed by atoms with Crippen LogP contribution in [0.5, 0.6) is 0 Å². The number of carbonyl (C=O) groups excluding carboxylic acids is 2. The van der Waals surface area contributed by atoms with Gasteiger partial charge in [-0.25, -0.2) is 4.57 Å². The molecule has 58 heavy (non-hydrogen) atoms. The number of rotatable bonds is 37. The second kappa shape index (κ2) is 38.2. The molecule has 14 heteroatoms. The van der Waals surface area contributed by atoms with Crippen molar-refractivity contribution in [3.63, 3.8) is 0 Å². The Bertz CT molecular complexity index is 1290. The Balaban J connectivity index is 4.72. The summed E-state index contributed by atoms with van der Waals surface area (Å²) in [6, 6.07) is 0. The number of allylic oxidation sites excluding steroid dienone is 11. The average molecular weight is 841 g/mol. The summed E-state index contributed by atoms with van der Waals surface area (Å²) in [5.41, 5.74) is 0. The van der Waals surface area contributed by atoms with Gasteiger partial charge < -0.3 is 39.9 Å². The fourth-order valence-electron chi connectivity index (χ4n) is 5.03. The van der Waals surface area contributed by atoms with E-state index in [0.29, 0.717) is 12.8 Å². The minimum absolute atomic E-state index is 0.0567. The molecule has 0 spiro atoms. The first kappa shape index (κ1) is 55.0. The number of hydrogen-bond donors (Lipinski definition) is 6. The number of carbonyl (C=O) groups is 2. The summed E-state index contributed by atoms with van der Waals surface area (Å²) < 4.78 is 32.4. The lowest BCUT2D eigenvalue weighted by atomic mass is 10.1. The number of hydrogen-bond acceptors (Lipinski definition) is 12. The van der Waals surface area contributed by atoms with Crippen molar-refractivity contribution in [3.05, 3.63) is 85.1 Å². The highest BCUT2D eigenvalue weighted by atomic mass is 31.2. The summed E-state index contributed by atoms with van der Waals surface area (Å²) in [5.74, 6) is -1.29. The number of phosphoric ester groups is 1. The molecule has 0 heterocycles. The third-order valence-electron chi connectivity index (χ3n) is 8.40. The van der Waals surface area contributed by atoms with Gasteiger partial charge in [0.2, 0.25) is 0 Å². The monoisotopic (exact) mass is 840 g/mol. The van der Waals surface area contributed by atoms with Gasteiger partial charge in [-0.1, -0.05) is 137 Å². The molecule has 0 aromatic carbocycles. The highest BCUT2D eigenvalue weighted by Gasteiger charge is 2.27. The molecule has 0 saturated heterocycles. The van der Waals surface area contributed by atoms with Crippen LogP contribution in [0.25, 0.3) is 0 Å². The maximum absolute atomic E-state index is 12.6. The van der Waals surface area contributed by atoms with E-state index in [2.05, 4.69) is 35.8 Å². The van der Waals surface area contributed by atoms with E-state index in [1.165, 1.54) is 31.8 Å². The third kappa shape index (κ3) is 36.1. The van der Waals surface area contributed by atoms with Crippen LogP contribution in [0.1, 0.15) is 123 Å². The SMILES string of the molecule is CC/C=C\C[C@H](O)/C=C/C=C/C=C\C=C/[C@@H](O)[C@H](O)CCCC(=O)O[C@H](COC(=O)CCCCCCC/C=C\C=C/CCCCCC)COP(=O)(O)OC[C@@H](O)CO. The Morgan fingerprint density at radius 3 is 1.88 bits per heavy atom. The fourth-order valence-corrected chi connectivity index (χ4v) is 5.82. The quantitative estimate of drug-likeness (QED) is 0.0117. The highest BCUT2D eigenvalue weighted by Crippen LogP contribution is 2.43. The Morgan fingerprint density at radius 2 is 1.22 bits per heavy atom. The standard InChI is InChI=1S/C44H73O13P/c1-3-5-7-8-9-10-11-12-13-14-15-16-17-22-26-32-43(50)54-36-40(37-56-58(52,53)55-35-39(47)34-45)57-44(51)33-27-31-42(49)41(48)30-25-21-19-18-20-24-29-38(46)28-23-6-4-2/h6,10-13,18-21,23-25,29-30,38-42,45-49H,3-5,7-9,14-17,22,26-28,31-37H2,1-2H3,(H,52,53)/b11-10-,13-12-,20-18+,21-19-,23-6-,29-24+,30-25-/t38-,39-,40+,41+,42+/m0/s1. The number of esters is 2. The molecule has 332 valence electrons. The van der Waals surface area contributed by atoms with Crippen LogP contribution in [0.2, 0.25) is 0 Å². The molecule has 0 amide bonds. The molecule has 0 radical (unpaired) electrons. The smallest absolute Gasteiger partial charge is 0.462 e. The average Bonchev–Trinajstić information content (AvgIpc) is 3.20. The minimum Gasteiger partial charge on any atom is -0.462 e. The molecule has 6 N–H and O–H groups in total. The lowest BCUT2D eigenvalue weighted by Gasteiger charge is -2.20. The molecule has 0 aliphatic heterocycles. The molecule has 0 fully saturated rings. The molecule has 1 unspecified atom stereocenters. The predicted octanol–water partition coefficient (Wildman–Crippen LogP) is 7.58. The number of phosphoric acid groups is 1. The zero-order valence-electron chi connectivity index (χ0n) is 34.8. The second-order valence-electron chi connectivity index (χ2n) is 13.9. The molecule has 0 aliphatic rings. The van der Waals surface area contributed by atoms with Crippen LogP contribution in [0.4, 0.5) is 0 Å². The summed E-state index contributed by atoms with van der Waals surface area (Å²) in [4.78, 5) is 35.0. The van der Waals surface area contributed by atoms with Crippen LogP contribution in [-0.4, -0.2) is 99.3 Å². The number of aliphatic hydroxyl groups is 5. The zero-order valence-corrected chi connectivity index (χ0v) is 35.7. The number of aliphatic hydroxyl groups excluding tert-OH is 5. The molecular weight excluding hydrogens is 767 g/mol. The van der Waals surface area contributed by atoms with E-state index < -0.39 is 76.7 Å². The van der Waals surface area contributed by atoms with Crippen LogP contribution in [0.15, 0.2) is 85.1 Å². The number of unbranched alkanes of at least 4 members (excludes halogenated alkanes) is 9. The Hall–Kier alpha value is -2.97. The minimum atomic E-state index is -4.72. The van der Waals surface area contributed by atoms with E-state index in [1.54, 1.807) is 42.5 Å². The van der Waals surface area contributed by atoms with Gasteiger partial charge in [0.05, 0.1) is 38.1 Å². The van der Waals surface area contributed by atoms with Crippen molar-refractivity contribution >= 4 is 19.8 Å². The van der Waals surface area contributed by atoms with E-state index in [0.717, 1.165) is 44.9 Å². The summed E-state index contributed by atoms with van der Waals surface area (Å²) in [6.45, 7) is 1.72. The van der Waals surface area contributed by atoms with Crippen molar-refractivity contribution in [1.82, 2.24) is 0 Å². The molecular formula is C44H73O13P. The summed E-state index contributed by atoms with van der Waals surface area (Å²) in [5, 5.41) is 48.7. The molecule has 0 saturated carbocycles.